The van der Waals surface area contributed by atoms with Crippen LogP contribution in [0.3, 0.4) is 0 Å². The quantitative estimate of drug-likeness (QED) is 0.137. The van der Waals surface area contributed by atoms with E-state index in [1.165, 1.54) is 0 Å². The summed E-state index contributed by atoms with van der Waals surface area (Å²) < 4.78 is 11.4. The van der Waals surface area contributed by atoms with Crippen LogP contribution in [0.5, 0.6) is 0 Å². The zero-order valence-corrected chi connectivity index (χ0v) is 33.6. The molecule has 292 valence electrons. The lowest BCUT2D eigenvalue weighted by molar-refractivity contribution is -0.166. The summed E-state index contributed by atoms with van der Waals surface area (Å²) in [5.41, 5.74) is -0.0362. The van der Waals surface area contributed by atoms with Gasteiger partial charge in [-0.3, -0.25) is 19.4 Å². The van der Waals surface area contributed by atoms with Crippen LogP contribution >= 0.6 is 0 Å². The van der Waals surface area contributed by atoms with Gasteiger partial charge in [-0.15, -0.1) is 0 Å². The van der Waals surface area contributed by atoms with E-state index in [1.807, 2.05) is 0 Å². The van der Waals surface area contributed by atoms with E-state index in [0.29, 0.717) is 38.0 Å². The first kappa shape index (κ1) is 43.1. The number of aliphatic hydroxyl groups excluding tert-OH is 2. The number of aliphatic hydroxyl groups is 2. The van der Waals surface area contributed by atoms with Crippen molar-refractivity contribution in [3.8, 4) is 0 Å². The lowest BCUT2D eigenvalue weighted by Crippen LogP contribution is -2.62. The van der Waals surface area contributed by atoms with E-state index >= 15 is 0 Å². The van der Waals surface area contributed by atoms with Gasteiger partial charge >= 0.3 is 11.9 Å². The molecule has 10 nitrogen and oxygen atoms in total. The molecule has 4 N–H and O–H groups in total. The van der Waals surface area contributed by atoms with Gasteiger partial charge in [0, 0.05) is 47.3 Å². The zero-order chi connectivity index (χ0) is 37.3. The minimum atomic E-state index is -0.812. The van der Waals surface area contributed by atoms with E-state index in [4.69, 9.17) is 9.47 Å². The predicted octanol–water partition coefficient (Wildman–Crippen LogP) is 5.42. The van der Waals surface area contributed by atoms with Crippen LogP contribution in [-0.4, -0.2) is 118 Å². The summed E-state index contributed by atoms with van der Waals surface area (Å²) in [6, 6.07) is 0.645. The highest BCUT2D eigenvalue weighted by Crippen LogP contribution is 2.35. The fourth-order valence-electron chi connectivity index (χ4n) is 9.53. The molecule has 10 heteroatoms. The SMILES string of the molecule is CCCCN(CC(O)COC(=O)C1CCCCC1C(=O)OCC(O)CN(CCCC)C1CC(C)(C)NC(C)(C)C1)C1CC(C)(C)NC(C)(C)C1. The minimum Gasteiger partial charge on any atom is -0.463 e. The first-order valence-corrected chi connectivity index (χ1v) is 20.0. The van der Waals surface area contributed by atoms with Crippen molar-refractivity contribution in [3.05, 3.63) is 0 Å². The van der Waals surface area contributed by atoms with Gasteiger partial charge in [0.05, 0.1) is 11.8 Å². The van der Waals surface area contributed by atoms with Crippen molar-refractivity contribution in [3.63, 3.8) is 0 Å². The number of rotatable bonds is 18. The van der Waals surface area contributed by atoms with Crippen LogP contribution in [0.25, 0.3) is 0 Å². The number of hydrogen-bond acceptors (Lipinski definition) is 10. The van der Waals surface area contributed by atoms with E-state index in [9.17, 15) is 19.8 Å². The molecule has 0 aromatic rings. The van der Waals surface area contributed by atoms with Gasteiger partial charge in [0.25, 0.3) is 0 Å². The molecule has 2 saturated heterocycles. The molecule has 4 atom stereocenters. The maximum Gasteiger partial charge on any atom is 0.309 e. The van der Waals surface area contributed by atoms with Crippen molar-refractivity contribution in [2.24, 2.45) is 11.8 Å². The second kappa shape index (κ2) is 18.6. The summed E-state index contributed by atoms with van der Waals surface area (Å²) in [4.78, 5) is 31.5. The molecular formula is C40H76N4O6. The third-order valence-electron chi connectivity index (χ3n) is 11.1. The molecule has 0 amide bonds. The van der Waals surface area contributed by atoms with Crippen LogP contribution in [0.2, 0.25) is 0 Å². The molecule has 0 aromatic carbocycles. The largest absolute Gasteiger partial charge is 0.463 e. The Balaban J connectivity index is 1.54. The van der Waals surface area contributed by atoms with Crippen molar-refractivity contribution in [2.75, 3.05) is 39.4 Å². The molecule has 1 saturated carbocycles. The number of piperidine rings is 2. The van der Waals surface area contributed by atoms with E-state index in [1.54, 1.807) is 0 Å². The summed E-state index contributed by atoms with van der Waals surface area (Å²) in [6.07, 6.45) is 9.35. The summed E-state index contributed by atoms with van der Waals surface area (Å²) in [6.45, 7) is 24.8. The molecule has 50 heavy (non-hydrogen) atoms. The fraction of sp³-hybridized carbons (Fsp3) is 0.950. The number of hydrogen-bond donors (Lipinski definition) is 4. The lowest BCUT2D eigenvalue weighted by Gasteiger charge is -2.50. The van der Waals surface area contributed by atoms with Crippen molar-refractivity contribution in [1.82, 2.24) is 20.4 Å². The molecular weight excluding hydrogens is 632 g/mol. The maximum absolute atomic E-state index is 13.4. The number of nitrogens with zero attached hydrogens (tertiary/aromatic N) is 2. The first-order valence-electron chi connectivity index (χ1n) is 20.0. The number of carbonyl (C=O) groups is 2. The van der Waals surface area contributed by atoms with E-state index in [2.05, 4.69) is 89.7 Å². The average Bonchev–Trinajstić information content (AvgIpc) is 2.99. The Morgan fingerprint density at radius 3 is 1.26 bits per heavy atom. The molecule has 0 spiro atoms. The van der Waals surface area contributed by atoms with E-state index < -0.39 is 36.0 Å². The number of nitrogens with one attached hydrogen (secondary N) is 2. The van der Waals surface area contributed by atoms with Gasteiger partial charge in [0.15, 0.2) is 0 Å². The molecule has 0 aromatic heterocycles. The van der Waals surface area contributed by atoms with Gasteiger partial charge in [-0.25, -0.2) is 0 Å². The first-order chi connectivity index (χ1) is 23.3. The number of carbonyl (C=O) groups excluding carboxylic acids is 2. The van der Waals surface area contributed by atoms with Crippen molar-refractivity contribution < 1.29 is 29.3 Å². The summed E-state index contributed by atoms with van der Waals surface area (Å²) in [5.74, 6) is -2.05. The van der Waals surface area contributed by atoms with Gasteiger partial charge in [-0.05, 0) is 120 Å². The highest BCUT2D eigenvalue weighted by Gasteiger charge is 2.42. The number of esters is 2. The highest BCUT2D eigenvalue weighted by molar-refractivity contribution is 5.82. The third kappa shape index (κ3) is 13.9. The van der Waals surface area contributed by atoms with Crippen molar-refractivity contribution in [2.45, 2.75) is 193 Å². The monoisotopic (exact) mass is 709 g/mol. The Labute approximate surface area is 305 Å². The van der Waals surface area contributed by atoms with Gasteiger partial charge in [0.1, 0.15) is 25.4 Å². The minimum absolute atomic E-state index is 0.00904. The van der Waals surface area contributed by atoms with Gasteiger partial charge < -0.3 is 30.3 Å². The summed E-state index contributed by atoms with van der Waals surface area (Å²) in [7, 11) is 0. The molecule has 2 heterocycles. The van der Waals surface area contributed by atoms with Crippen LogP contribution in [0.4, 0.5) is 0 Å². The standard InChI is InChI=1S/C40H76N4O6/c1-11-13-19-43(29-21-37(3,4)41-38(5,6)22-29)25-31(45)27-49-35(47)33-17-15-16-18-34(33)36(48)50-28-32(46)26-44(20-14-12-2)30-23-39(7,8)42-40(9,10)24-30/h29-34,41-42,45-46H,11-28H2,1-10H3. The Kier molecular flexibility index (Phi) is 16.1. The third-order valence-corrected chi connectivity index (χ3v) is 11.1. The molecule has 3 fully saturated rings. The molecule has 0 bridgehead atoms. The molecule has 3 rings (SSSR count). The van der Waals surface area contributed by atoms with Crippen LogP contribution in [-0.2, 0) is 19.1 Å². The summed E-state index contributed by atoms with van der Waals surface area (Å²) in [5, 5.41) is 29.7. The lowest BCUT2D eigenvalue weighted by atomic mass is 9.79. The molecule has 2 aliphatic heterocycles. The number of unbranched alkanes of at least 4 members (excludes halogenated alkanes) is 2. The topological polar surface area (TPSA) is 124 Å². The Morgan fingerprint density at radius 1 is 0.640 bits per heavy atom. The van der Waals surface area contributed by atoms with E-state index in [0.717, 1.165) is 77.3 Å². The zero-order valence-electron chi connectivity index (χ0n) is 33.6. The highest BCUT2D eigenvalue weighted by atomic mass is 16.6. The smallest absolute Gasteiger partial charge is 0.309 e. The van der Waals surface area contributed by atoms with Crippen LogP contribution < -0.4 is 10.6 Å². The molecule has 0 radical (unpaired) electrons. The van der Waals surface area contributed by atoms with Crippen molar-refractivity contribution >= 4 is 11.9 Å². The van der Waals surface area contributed by atoms with Crippen LogP contribution in [0.15, 0.2) is 0 Å². The Bertz CT molecular complexity index is 950. The van der Waals surface area contributed by atoms with Crippen LogP contribution in [0.1, 0.15) is 146 Å². The molecule has 1 aliphatic carbocycles. The second-order valence-corrected chi connectivity index (χ2v) is 18.7. The van der Waals surface area contributed by atoms with Crippen molar-refractivity contribution in [1.29, 1.82) is 0 Å². The second-order valence-electron chi connectivity index (χ2n) is 18.7. The molecule has 4 unspecified atom stereocenters. The van der Waals surface area contributed by atoms with Gasteiger partial charge in [-0.1, -0.05) is 39.5 Å². The normalized spacial score (nSPS) is 26.4. The Hall–Kier alpha value is -1.30. The molecule has 3 aliphatic rings. The van der Waals surface area contributed by atoms with E-state index in [-0.39, 0.29) is 35.4 Å². The summed E-state index contributed by atoms with van der Waals surface area (Å²) >= 11 is 0. The average molecular weight is 709 g/mol. The Morgan fingerprint density at radius 2 is 0.960 bits per heavy atom. The van der Waals surface area contributed by atoms with Crippen LogP contribution in [0, 0.1) is 11.8 Å². The van der Waals surface area contributed by atoms with Gasteiger partial charge in [0.2, 0.25) is 0 Å². The van der Waals surface area contributed by atoms with Gasteiger partial charge in [-0.2, -0.15) is 0 Å². The predicted molar refractivity (Wildman–Crippen MR) is 201 cm³/mol. The maximum atomic E-state index is 13.4. The fourth-order valence-corrected chi connectivity index (χ4v) is 9.53. The number of ether oxygens (including phenoxy) is 2.